The van der Waals surface area contributed by atoms with Crippen LogP contribution in [0.5, 0.6) is 0 Å². The average molecular weight is 116 g/mol. The van der Waals surface area contributed by atoms with Crippen molar-refractivity contribution in [1.29, 1.82) is 0 Å². The molecule has 5 heteroatoms. The first-order valence-electron chi connectivity index (χ1n) is 1.93. The van der Waals surface area contributed by atoms with Gasteiger partial charge in [-0.15, -0.1) is 0 Å². The Kier molecular flexibility index (Phi) is 2.87. The molecule has 0 aromatic carbocycles. The number of aliphatic carboxylic acids is 1. The molecule has 0 radical (unpaired) electrons. The first-order chi connectivity index (χ1) is 3.68. The summed E-state index contributed by atoms with van der Waals surface area (Å²) in [5.74, 6) is -2.38. The standard InChI is InChI=1S/C3H5BO4/c4-8-1-2(5)3(6)7/h1,4H2,(H,6,7). The maximum atomic E-state index is 10.0. The molecule has 0 aliphatic carbocycles. The van der Waals surface area contributed by atoms with Gasteiger partial charge in [-0.25, -0.2) is 4.79 Å². The largest absolute Gasteiger partial charge is 0.475 e. The lowest BCUT2D eigenvalue weighted by Crippen LogP contribution is -2.17. The highest BCUT2D eigenvalue weighted by molar-refractivity contribution is 6.33. The zero-order valence-electron chi connectivity index (χ0n) is 4.38. The molecule has 4 nitrogen and oxygen atoms in total. The molecule has 0 spiro atoms. The van der Waals surface area contributed by atoms with E-state index in [9.17, 15) is 9.59 Å². The van der Waals surface area contributed by atoms with Crippen LogP contribution in [0.3, 0.4) is 0 Å². The molecule has 0 saturated heterocycles. The van der Waals surface area contributed by atoms with E-state index in [2.05, 4.69) is 4.65 Å². The Morgan fingerprint density at radius 2 is 2.12 bits per heavy atom. The summed E-state index contributed by atoms with van der Waals surface area (Å²) < 4.78 is 4.23. The van der Waals surface area contributed by atoms with Crippen LogP contribution in [0.4, 0.5) is 0 Å². The van der Waals surface area contributed by atoms with Gasteiger partial charge in [0.05, 0.1) is 6.61 Å². The normalized spacial score (nSPS) is 8.50. The molecule has 0 bridgehead atoms. The molecule has 0 rings (SSSR count). The molecule has 0 atom stereocenters. The van der Waals surface area contributed by atoms with Crippen LogP contribution in [0, 0.1) is 0 Å². The number of carboxylic acids is 1. The minimum absolute atomic E-state index is 0.352. The summed E-state index contributed by atoms with van der Waals surface area (Å²) in [5.41, 5.74) is 0. The molecule has 0 aliphatic rings. The average Bonchev–Trinajstić information content (AvgIpc) is 1.67. The number of hydrogen-bond acceptors (Lipinski definition) is 3. The first kappa shape index (κ1) is 7.16. The molecule has 0 aliphatic heterocycles. The van der Waals surface area contributed by atoms with Gasteiger partial charge in [-0.2, -0.15) is 0 Å². The van der Waals surface area contributed by atoms with Gasteiger partial charge in [0.25, 0.3) is 13.8 Å². The van der Waals surface area contributed by atoms with Crippen LogP contribution in [0.1, 0.15) is 0 Å². The maximum Gasteiger partial charge on any atom is 0.374 e. The molecule has 0 fully saturated rings. The zero-order valence-corrected chi connectivity index (χ0v) is 4.38. The minimum atomic E-state index is -1.45. The van der Waals surface area contributed by atoms with Crippen LogP contribution in [-0.2, 0) is 14.2 Å². The van der Waals surface area contributed by atoms with Gasteiger partial charge in [0.15, 0.2) is 0 Å². The van der Waals surface area contributed by atoms with E-state index in [4.69, 9.17) is 5.11 Å². The van der Waals surface area contributed by atoms with Gasteiger partial charge in [0, 0.05) is 0 Å². The monoisotopic (exact) mass is 116 g/mol. The molecule has 0 amide bonds. The lowest BCUT2D eigenvalue weighted by Gasteiger charge is -1.88. The van der Waals surface area contributed by atoms with Crippen molar-refractivity contribution >= 4 is 19.8 Å². The van der Waals surface area contributed by atoms with Crippen LogP contribution in [-0.4, -0.2) is 31.5 Å². The Morgan fingerprint density at radius 1 is 1.62 bits per heavy atom. The Bertz CT molecular complexity index is 110. The summed E-state index contributed by atoms with van der Waals surface area (Å²) in [5, 5.41) is 7.88. The van der Waals surface area contributed by atoms with Gasteiger partial charge in [-0.05, 0) is 0 Å². The second-order valence-corrected chi connectivity index (χ2v) is 1.16. The third-order valence-corrected chi connectivity index (χ3v) is 0.514. The summed E-state index contributed by atoms with van der Waals surface area (Å²) >= 11 is 0. The van der Waals surface area contributed by atoms with Crippen LogP contribution >= 0.6 is 0 Å². The van der Waals surface area contributed by atoms with Crippen LogP contribution in [0.25, 0.3) is 0 Å². The Hall–Kier alpha value is -0.835. The predicted molar refractivity (Wildman–Crippen MR) is 27.1 cm³/mol. The summed E-state index contributed by atoms with van der Waals surface area (Å²) in [6.07, 6.45) is 0. The smallest absolute Gasteiger partial charge is 0.374 e. The highest BCUT2D eigenvalue weighted by Crippen LogP contribution is 1.71. The van der Waals surface area contributed by atoms with Crippen molar-refractivity contribution in [2.24, 2.45) is 0 Å². The highest BCUT2D eigenvalue weighted by Gasteiger charge is 2.08. The first-order valence-corrected chi connectivity index (χ1v) is 1.93. The summed E-state index contributed by atoms with van der Waals surface area (Å²) in [4.78, 5) is 19.7. The number of rotatable bonds is 3. The molecule has 8 heavy (non-hydrogen) atoms. The minimum Gasteiger partial charge on any atom is -0.475 e. The number of carboxylic acid groups (broad SMARTS) is 1. The van der Waals surface area contributed by atoms with E-state index in [1.54, 1.807) is 0 Å². The molecule has 1 N–H and O–H groups in total. The van der Waals surface area contributed by atoms with Crippen molar-refractivity contribution in [2.75, 3.05) is 6.61 Å². The Labute approximate surface area is 46.9 Å². The molecule has 0 aromatic heterocycles. The van der Waals surface area contributed by atoms with Gasteiger partial charge < -0.3 is 9.76 Å². The fourth-order valence-corrected chi connectivity index (χ4v) is 0.193. The number of hydrogen-bond donors (Lipinski definition) is 1. The van der Waals surface area contributed by atoms with Gasteiger partial charge >= 0.3 is 5.97 Å². The van der Waals surface area contributed by atoms with Crippen molar-refractivity contribution < 1.29 is 19.3 Å². The number of ketones is 1. The summed E-state index contributed by atoms with van der Waals surface area (Å²) in [7, 11) is 1.26. The lowest BCUT2D eigenvalue weighted by atomic mass is 10.4. The second-order valence-electron chi connectivity index (χ2n) is 1.16. The molecule has 0 heterocycles. The molecule has 44 valence electrons. The summed E-state index contributed by atoms with van der Waals surface area (Å²) in [6.45, 7) is -0.352. The topological polar surface area (TPSA) is 63.6 Å². The van der Waals surface area contributed by atoms with E-state index in [1.165, 1.54) is 8.05 Å². The second kappa shape index (κ2) is 3.20. The van der Waals surface area contributed by atoms with E-state index in [0.29, 0.717) is 0 Å². The van der Waals surface area contributed by atoms with Crippen molar-refractivity contribution in [3.8, 4) is 0 Å². The Morgan fingerprint density at radius 3 is 2.25 bits per heavy atom. The molecule has 0 saturated carbocycles. The van der Waals surface area contributed by atoms with E-state index < -0.39 is 11.8 Å². The maximum absolute atomic E-state index is 10.0. The number of carbonyl (C=O) groups is 2. The van der Waals surface area contributed by atoms with Crippen molar-refractivity contribution in [2.45, 2.75) is 0 Å². The van der Waals surface area contributed by atoms with Crippen LogP contribution in [0.2, 0.25) is 0 Å². The quantitative estimate of drug-likeness (QED) is 0.349. The van der Waals surface area contributed by atoms with Crippen LogP contribution < -0.4 is 0 Å². The lowest BCUT2D eigenvalue weighted by molar-refractivity contribution is -0.149. The van der Waals surface area contributed by atoms with Crippen molar-refractivity contribution in [3.05, 3.63) is 0 Å². The molecular formula is C3H5BO4. The molecule has 0 unspecified atom stereocenters. The molecular weight excluding hydrogens is 111 g/mol. The molecule has 0 aromatic rings. The predicted octanol–water partition coefficient (Wildman–Crippen LogP) is -1.80. The fourth-order valence-electron chi connectivity index (χ4n) is 0.193. The highest BCUT2D eigenvalue weighted by atomic mass is 16.4. The Balaban J connectivity index is 3.49. The van der Waals surface area contributed by atoms with E-state index in [0.717, 1.165) is 0 Å². The van der Waals surface area contributed by atoms with Crippen LogP contribution in [0.15, 0.2) is 0 Å². The SMILES string of the molecule is BOCC(=O)C(=O)O. The van der Waals surface area contributed by atoms with Gasteiger partial charge in [-0.3, -0.25) is 4.79 Å². The fraction of sp³-hybridized carbons (Fsp3) is 0.333. The van der Waals surface area contributed by atoms with Gasteiger partial charge in [0.1, 0.15) is 0 Å². The van der Waals surface area contributed by atoms with Gasteiger partial charge in [0.2, 0.25) is 0 Å². The number of Topliss-reactive ketones (excluding diaryl/α,β-unsaturated/α-hetero) is 1. The van der Waals surface area contributed by atoms with E-state index >= 15 is 0 Å². The van der Waals surface area contributed by atoms with Crippen molar-refractivity contribution in [3.63, 3.8) is 0 Å². The zero-order chi connectivity index (χ0) is 6.57. The van der Waals surface area contributed by atoms with E-state index in [1.807, 2.05) is 0 Å². The summed E-state index contributed by atoms with van der Waals surface area (Å²) in [6, 6.07) is 0. The third kappa shape index (κ3) is 2.36. The van der Waals surface area contributed by atoms with E-state index in [-0.39, 0.29) is 6.61 Å². The number of carbonyl (C=O) groups excluding carboxylic acids is 1. The van der Waals surface area contributed by atoms with Crippen molar-refractivity contribution in [1.82, 2.24) is 0 Å². The van der Waals surface area contributed by atoms with Gasteiger partial charge in [-0.1, -0.05) is 0 Å². The third-order valence-electron chi connectivity index (χ3n) is 0.514.